The zero-order valence-electron chi connectivity index (χ0n) is 16.4. The van der Waals surface area contributed by atoms with E-state index in [1.54, 1.807) is 7.11 Å². The van der Waals surface area contributed by atoms with E-state index in [2.05, 4.69) is 40.7 Å². The molecule has 0 fully saturated rings. The van der Waals surface area contributed by atoms with Crippen molar-refractivity contribution in [2.24, 2.45) is 4.99 Å². The Bertz CT molecular complexity index is 1100. The van der Waals surface area contributed by atoms with E-state index in [-0.39, 0.29) is 0 Å². The van der Waals surface area contributed by atoms with Crippen molar-refractivity contribution >= 4 is 11.9 Å². The smallest absolute Gasteiger partial charge is 0.127 e. The average Bonchev–Trinajstić information content (AvgIpc) is 3.15. The maximum Gasteiger partial charge on any atom is 0.127 e. The minimum atomic E-state index is 0.762. The number of benzene rings is 3. The first-order chi connectivity index (χ1) is 14.2. The van der Waals surface area contributed by atoms with E-state index in [0.29, 0.717) is 0 Å². The number of para-hydroxylation sites is 1. The van der Waals surface area contributed by atoms with Crippen LogP contribution in [-0.4, -0.2) is 17.9 Å². The summed E-state index contributed by atoms with van der Waals surface area (Å²) in [5.41, 5.74) is 4.19. The van der Waals surface area contributed by atoms with E-state index in [1.165, 1.54) is 5.69 Å². The summed E-state index contributed by atoms with van der Waals surface area (Å²) in [6, 6.07) is 29.7. The molecular formula is C25H22N2O2. The summed E-state index contributed by atoms with van der Waals surface area (Å²) in [6.45, 7) is 2.09. The Morgan fingerprint density at radius 2 is 1.34 bits per heavy atom. The van der Waals surface area contributed by atoms with Crippen LogP contribution in [0.2, 0.25) is 0 Å². The van der Waals surface area contributed by atoms with E-state index in [1.807, 2.05) is 72.9 Å². The van der Waals surface area contributed by atoms with E-state index in [9.17, 15) is 0 Å². The predicted octanol–water partition coefficient (Wildman–Crippen LogP) is 6.34. The number of hydrogen-bond acceptors (Lipinski definition) is 3. The number of rotatable bonds is 6. The monoisotopic (exact) mass is 382 g/mol. The highest BCUT2D eigenvalue weighted by molar-refractivity contribution is 5.81. The molecule has 0 N–H and O–H groups in total. The molecule has 4 nitrogen and oxygen atoms in total. The molecule has 0 radical (unpaired) electrons. The summed E-state index contributed by atoms with van der Waals surface area (Å²) in [7, 11) is 1.65. The van der Waals surface area contributed by atoms with E-state index in [0.717, 1.165) is 34.3 Å². The first-order valence-electron chi connectivity index (χ1n) is 9.43. The predicted molar refractivity (Wildman–Crippen MR) is 117 cm³/mol. The summed E-state index contributed by atoms with van der Waals surface area (Å²) in [6.07, 6.45) is 1.89. The molecule has 0 atom stereocenters. The fourth-order valence-corrected chi connectivity index (χ4v) is 3.11. The normalized spacial score (nSPS) is 11.0. The molecule has 0 unspecified atom stereocenters. The number of aryl methyl sites for hydroxylation is 1. The molecule has 29 heavy (non-hydrogen) atoms. The Hall–Kier alpha value is -3.79. The second kappa shape index (κ2) is 8.48. The molecule has 1 heterocycles. The van der Waals surface area contributed by atoms with Crippen molar-refractivity contribution in [1.82, 2.24) is 4.57 Å². The van der Waals surface area contributed by atoms with Crippen molar-refractivity contribution in [2.75, 3.05) is 7.11 Å². The lowest BCUT2D eigenvalue weighted by atomic mass is 10.3. The third kappa shape index (κ3) is 4.38. The Morgan fingerprint density at radius 3 is 2.00 bits per heavy atom. The lowest BCUT2D eigenvalue weighted by Gasteiger charge is -2.09. The summed E-state index contributed by atoms with van der Waals surface area (Å²) in [4.78, 5) is 4.63. The molecule has 0 bridgehead atoms. The van der Waals surface area contributed by atoms with Gasteiger partial charge in [0.2, 0.25) is 0 Å². The van der Waals surface area contributed by atoms with Gasteiger partial charge >= 0.3 is 0 Å². The molecule has 0 spiro atoms. The van der Waals surface area contributed by atoms with Gasteiger partial charge in [0.15, 0.2) is 0 Å². The SMILES string of the molecule is COc1ccc(Oc2ccc(N=Cc3ccc(C)n3-c3ccccc3)cc2)cc1. The van der Waals surface area contributed by atoms with Crippen LogP contribution in [0, 0.1) is 6.92 Å². The van der Waals surface area contributed by atoms with Crippen molar-refractivity contribution in [1.29, 1.82) is 0 Å². The van der Waals surface area contributed by atoms with E-state index in [4.69, 9.17) is 9.47 Å². The second-order valence-corrected chi connectivity index (χ2v) is 6.60. The largest absolute Gasteiger partial charge is 0.497 e. The number of nitrogens with zero attached hydrogens (tertiary/aromatic N) is 2. The van der Waals surface area contributed by atoms with Gasteiger partial charge in [0.05, 0.1) is 24.7 Å². The number of aliphatic imine (C=N–C) groups is 1. The summed E-state index contributed by atoms with van der Waals surface area (Å²) in [5.74, 6) is 2.33. The Balaban J connectivity index is 1.48. The average molecular weight is 382 g/mol. The standard InChI is InChI=1S/C25H22N2O2/c1-19-8-11-22(27(19)21-6-4-3-5-7-21)18-26-20-9-12-24(13-10-20)29-25-16-14-23(28-2)15-17-25/h3-18H,1-2H3. The van der Waals surface area contributed by atoms with Gasteiger partial charge in [-0.15, -0.1) is 0 Å². The molecule has 0 aliphatic rings. The molecule has 4 aromatic rings. The van der Waals surface area contributed by atoms with Gasteiger partial charge in [-0.2, -0.15) is 0 Å². The molecule has 1 aromatic heterocycles. The number of ether oxygens (including phenoxy) is 2. The molecule has 144 valence electrons. The van der Waals surface area contributed by atoms with Gasteiger partial charge < -0.3 is 14.0 Å². The van der Waals surface area contributed by atoms with Gasteiger partial charge in [0.25, 0.3) is 0 Å². The van der Waals surface area contributed by atoms with Crippen LogP contribution in [0.4, 0.5) is 5.69 Å². The van der Waals surface area contributed by atoms with Crippen LogP contribution in [0.25, 0.3) is 5.69 Å². The van der Waals surface area contributed by atoms with Gasteiger partial charge in [-0.25, -0.2) is 0 Å². The minimum Gasteiger partial charge on any atom is -0.497 e. The van der Waals surface area contributed by atoms with Crippen LogP contribution in [0.1, 0.15) is 11.4 Å². The van der Waals surface area contributed by atoms with Gasteiger partial charge in [0.1, 0.15) is 17.2 Å². The number of aromatic nitrogens is 1. The summed E-state index contributed by atoms with van der Waals surface area (Å²) < 4.78 is 13.2. The molecule has 0 amide bonds. The maximum absolute atomic E-state index is 5.86. The fourth-order valence-electron chi connectivity index (χ4n) is 3.11. The molecular weight excluding hydrogens is 360 g/mol. The zero-order chi connectivity index (χ0) is 20.1. The number of methoxy groups -OCH3 is 1. The third-order valence-electron chi connectivity index (χ3n) is 4.60. The summed E-state index contributed by atoms with van der Waals surface area (Å²) in [5, 5.41) is 0. The Labute approximate surface area is 170 Å². The van der Waals surface area contributed by atoms with E-state index < -0.39 is 0 Å². The first kappa shape index (κ1) is 18.6. The molecule has 0 saturated carbocycles. The molecule has 4 heteroatoms. The third-order valence-corrected chi connectivity index (χ3v) is 4.60. The Morgan fingerprint density at radius 1 is 0.724 bits per heavy atom. The van der Waals surface area contributed by atoms with Crippen molar-refractivity contribution in [3.63, 3.8) is 0 Å². The first-order valence-corrected chi connectivity index (χ1v) is 9.43. The van der Waals surface area contributed by atoms with Crippen LogP contribution in [-0.2, 0) is 0 Å². The van der Waals surface area contributed by atoms with Gasteiger partial charge in [-0.3, -0.25) is 4.99 Å². The van der Waals surface area contributed by atoms with Crippen LogP contribution >= 0.6 is 0 Å². The topological polar surface area (TPSA) is 35.8 Å². The van der Waals surface area contributed by atoms with Crippen LogP contribution in [0.3, 0.4) is 0 Å². The highest BCUT2D eigenvalue weighted by atomic mass is 16.5. The van der Waals surface area contributed by atoms with Crippen molar-refractivity contribution < 1.29 is 9.47 Å². The Kier molecular flexibility index (Phi) is 5.43. The van der Waals surface area contributed by atoms with Crippen molar-refractivity contribution in [2.45, 2.75) is 6.92 Å². The molecule has 0 aliphatic heterocycles. The quantitative estimate of drug-likeness (QED) is 0.365. The lowest BCUT2D eigenvalue weighted by Crippen LogP contribution is -2.00. The van der Waals surface area contributed by atoms with Crippen LogP contribution in [0.5, 0.6) is 17.2 Å². The van der Waals surface area contributed by atoms with Crippen molar-refractivity contribution in [3.05, 3.63) is 102 Å². The fraction of sp³-hybridized carbons (Fsp3) is 0.0800. The summed E-state index contributed by atoms with van der Waals surface area (Å²) >= 11 is 0. The van der Waals surface area contributed by atoms with Gasteiger partial charge in [0, 0.05) is 11.4 Å². The van der Waals surface area contributed by atoms with Gasteiger partial charge in [-0.1, -0.05) is 18.2 Å². The lowest BCUT2D eigenvalue weighted by molar-refractivity contribution is 0.413. The minimum absolute atomic E-state index is 0.762. The molecule has 0 aliphatic carbocycles. The molecule has 3 aromatic carbocycles. The highest BCUT2D eigenvalue weighted by Crippen LogP contribution is 2.26. The highest BCUT2D eigenvalue weighted by Gasteiger charge is 2.05. The second-order valence-electron chi connectivity index (χ2n) is 6.60. The van der Waals surface area contributed by atoms with Crippen LogP contribution < -0.4 is 9.47 Å². The molecule has 4 rings (SSSR count). The maximum atomic E-state index is 5.86. The van der Waals surface area contributed by atoms with Gasteiger partial charge in [-0.05, 0) is 79.7 Å². The number of hydrogen-bond donors (Lipinski definition) is 0. The van der Waals surface area contributed by atoms with Crippen molar-refractivity contribution in [3.8, 4) is 22.9 Å². The van der Waals surface area contributed by atoms with E-state index >= 15 is 0 Å². The molecule has 0 saturated heterocycles. The van der Waals surface area contributed by atoms with Crippen LogP contribution in [0.15, 0.2) is 96.0 Å². The zero-order valence-corrected chi connectivity index (χ0v) is 16.4.